The van der Waals surface area contributed by atoms with E-state index in [1.54, 1.807) is 0 Å². The van der Waals surface area contributed by atoms with Gasteiger partial charge in [-0.3, -0.25) is 4.99 Å². The van der Waals surface area contributed by atoms with Crippen molar-refractivity contribution in [2.45, 2.75) is 25.7 Å². The van der Waals surface area contributed by atoms with E-state index in [0.29, 0.717) is 11.8 Å². The number of guanidine groups is 1. The van der Waals surface area contributed by atoms with Gasteiger partial charge in [0.05, 0.1) is 0 Å². The van der Waals surface area contributed by atoms with Gasteiger partial charge in [0.2, 0.25) is 0 Å². The first-order valence-corrected chi connectivity index (χ1v) is 7.24. The molecule has 0 amide bonds. The van der Waals surface area contributed by atoms with Gasteiger partial charge >= 0.3 is 0 Å². The molecule has 2 rings (SSSR count). The standard InChI is InChI=1S/C16H25N3/c1-4-13-12-19(16(17-2)18-3)11-10-15(13)14-8-6-5-7-9-14/h5-9,13,15H,4,10-12H2,1-3H3,(H,17,18). The second-order valence-corrected chi connectivity index (χ2v) is 5.22. The molecule has 0 radical (unpaired) electrons. The van der Waals surface area contributed by atoms with Crippen molar-refractivity contribution in [1.82, 2.24) is 10.2 Å². The Labute approximate surface area is 116 Å². The molecule has 0 aliphatic carbocycles. The third-order valence-corrected chi connectivity index (χ3v) is 4.22. The number of nitrogens with one attached hydrogen (secondary N) is 1. The maximum Gasteiger partial charge on any atom is 0.193 e. The molecule has 0 aromatic heterocycles. The first-order chi connectivity index (χ1) is 9.30. The number of benzene rings is 1. The molecule has 104 valence electrons. The molecular formula is C16H25N3. The molecule has 0 spiro atoms. The second kappa shape index (κ2) is 6.60. The fraction of sp³-hybridized carbons (Fsp3) is 0.562. The lowest BCUT2D eigenvalue weighted by Gasteiger charge is -2.39. The minimum atomic E-state index is 0.692. The molecule has 1 aliphatic heterocycles. The van der Waals surface area contributed by atoms with Gasteiger partial charge in [-0.1, -0.05) is 43.7 Å². The van der Waals surface area contributed by atoms with E-state index in [1.807, 2.05) is 14.1 Å². The highest BCUT2D eigenvalue weighted by atomic mass is 15.3. The van der Waals surface area contributed by atoms with Gasteiger partial charge in [0, 0.05) is 27.2 Å². The van der Waals surface area contributed by atoms with E-state index < -0.39 is 0 Å². The zero-order chi connectivity index (χ0) is 13.7. The third-order valence-electron chi connectivity index (χ3n) is 4.22. The second-order valence-electron chi connectivity index (χ2n) is 5.22. The molecule has 19 heavy (non-hydrogen) atoms. The van der Waals surface area contributed by atoms with Gasteiger partial charge in [-0.15, -0.1) is 0 Å². The normalized spacial score (nSPS) is 24.4. The van der Waals surface area contributed by atoms with Gasteiger partial charge in [0.15, 0.2) is 5.96 Å². The van der Waals surface area contributed by atoms with E-state index in [4.69, 9.17) is 0 Å². The molecular weight excluding hydrogens is 234 g/mol. The smallest absolute Gasteiger partial charge is 0.193 e. The summed E-state index contributed by atoms with van der Waals surface area (Å²) in [5.74, 6) is 2.42. The van der Waals surface area contributed by atoms with Crippen LogP contribution in [0.4, 0.5) is 0 Å². The van der Waals surface area contributed by atoms with E-state index in [2.05, 4.69) is 52.5 Å². The highest BCUT2D eigenvalue weighted by Crippen LogP contribution is 2.34. The first kappa shape index (κ1) is 13.9. The highest BCUT2D eigenvalue weighted by Gasteiger charge is 2.30. The van der Waals surface area contributed by atoms with Gasteiger partial charge in [-0.2, -0.15) is 0 Å². The molecule has 3 heteroatoms. The van der Waals surface area contributed by atoms with Crippen molar-refractivity contribution in [2.24, 2.45) is 10.9 Å². The molecule has 1 heterocycles. The van der Waals surface area contributed by atoms with Gasteiger partial charge in [-0.05, 0) is 23.8 Å². The first-order valence-electron chi connectivity index (χ1n) is 7.24. The monoisotopic (exact) mass is 259 g/mol. The molecule has 1 aromatic carbocycles. The molecule has 3 nitrogen and oxygen atoms in total. The van der Waals surface area contributed by atoms with Crippen molar-refractivity contribution in [2.75, 3.05) is 27.2 Å². The Balaban J connectivity index is 2.11. The Morgan fingerprint density at radius 2 is 2.11 bits per heavy atom. The van der Waals surface area contributed by atoms with E-state index >= 15 is 0 Å². The van der Waals surface area contributed by atoms with Crippen molar-refractivity contribution in [1.29, 1.82) is 0 Å². The lowest BCUT2D eigenvalue weighted by Crippen LogP contribution is -2.47. The van der Waals surface area contributed by atoms with Crippen LogP contribution < -0.4 is 5.32 Å². The van der Waals surface area contributed by atoms with Crippen LogP contribution in [0.3, 0.4) is 0 Å². The summed E-state index contributed by atoms with van der Waals surface area (Å²) in [5, 5.41) is 3.20. The average molecular weight is 259 g/mol. The Kier molecular flexibility index (Phi) is 4.83. The molecule has 1 aromatic rings. The molecule has 1 aliphatic rings. The molecule has 1 N–H and O–H groups in total. The van der Waals surface area contributed by atoms with Gasteiger partial charge in [-0.25, -0.2) is 0 Å². The van der Waals surface area contributed by atoms with Crippen molar-refractivity contribution in [3.05, 3.63) is 35.9 Å². The van der Waals surface area contributed by atoms with E-state index in [9.17, 15) is 0 Å². The summed E-state index contributed by atoms with van der Waals surface area (Å²) < 4.78 is 0. The van der Waals surface area contributed by atoms with Crippen molar-refractivity contribution in [3.8, 4) is 0 Å². The van der Waals surface area contributed by atoms with Crippen LogP contribution in [0.15, 0.2) is 35.3 Å². The van der Waals surface area contributed by atoms with Gasteiger partial charge < -0.3 is 10.2 Å². The number of rotatable bonds is 2. The SMILES string of the molecule is CCC1CN(C(=NC)NC)CCC1c1ccccc1. The summed E-state index contributed by atoms with van der Waals surface area (Å²) in [7, 11) is 3.81. The molecule has 2 unspecified atom stereocenters. The maximum absolute atomic E-state index is 4.33. The maximum atomic E-state index is 4.33. The minimum Gasteiger partial charge on any atom is -0.359 e. The van der Waals surface area contributed by atoms with Crippen LogP contribution in [0.1, 0.15) is 31.2 Å². The zero-order valence-corrected chi connectivity index (χ0v) is 12.3. The van der Waals surface area contributed by atoms with E-state index in [0.717, 1.165) is 19.0 Å². The number of aliphatic imine (C=N–C) groups is 1. The summed E-state index contributed by atoms with van der Waals surface area (Å²) >= 11 is 0. The predicted octanol–water partition coefficient (Wildman–Crippen LogP) is 2.71. The van der Waals surface area contributed by atoms with E-state index in [-0.39, 0.29) is 0 Å². The van der Waals surface area contributed by atoms with Gasteiger partial charge in [0.1, 0.15) is 0 Å². The molecule has 2 atom stereocenters. The number of likely N-dealkylation sites (tertiary alicyclic amines) is 1. The van der Waals surface area contributed by atoms with Crippen molar-refractivity contribution < 1.29 is 0 Å². The average Bonchev–Trinajstić information content (AvgIpc) is 2.49. The Hall–Kier alpha value is -1.51. The highest BCUT2D eigenvalue weighted by molar-refractivity contribution is 5.79. The van der Waals surface area contributed by atoms with Crippen LogP contribution in [0.5, 0.6) is 0 Å². The molecule has 1 fully saturated rings. The van der Waals surface area contributed by atoms with Crippen molar-refractivity contribution >= 4 is 5.96 Å². The lowest BCUT2D eigenvalue weighted by atomic mass is 9.79. The third kappa shape index (κ3) is 3.09. The van der Waals surface area contributed by atoms with Crippen LogP contribution in [-0.4, -0.2) is 38.0 Å². The summed E-state index contributed by atoms with van der Waals surface area (Å²) in [6.45, 7) is 4.49. The lowest BCUT2D eigenvalue weighted by molar-refractivity contribution is 0.216. The zero-order valence-electron chi connectivity index (χ0n) is 12.3. The molecule has 0 saturated carbocycles. The van der Waals surface area contributed by atoms with E-state index in [1.165, 1.54) is 18.4 Å². The van der Waals surface area contributed by atoms with Crippen LogP contribution in [-0.2, 0) is 0 Å². The molecule has 0 bridgehead atoms. The largest absolute Gasteiger partial charge is 0.359 e. The number of piperidine rings is 1. The summed E-state index contributed by atoms with van der Waals surface area (Å²) in [4.78, 5) is 6.71. The fourth-order valence-corrected chi connectivity index (χ4v) is 3.19. The summed E-state index contributed by atoms with van der Waals surface area (Å²) in [5.41, 5.74) is 1.49. The Morgan fingerprint density at radius 1 is 1.37 bits per heavy atom. The van der Waals surface area contributed by atoms with Crippen LogP contribution in [0.2, 0.25) is 0 Å². The number of hydrogen-bond acceptors (Lipinski definition) is 1. The quantitative estimate of drug-likeness (QED) is 0.653. The number of hydrogen-bond donors (Lipinski definition) is 1. The summed E-state index contributed by atoms with van der Waals surface area (Å²) in [6, 6.07) is 11.0. The number of nitrogens with zero attached hydrogens (tertiary/aromatic N) is 2. The topological polar surface area (TPSA) is 27.6 Å². The predicted molar refractivity (Wildman–Crippen MR) is 81.6 cm³/mol. The summed E-state index contributed by atoms with van der Waals surface area (Å²) in [6.07, 6.45) is 2.43. The Morgan fingerprint density at radius 3 is 2.68 bits per heavy atom. The Bertz CT molecular complexity index is 413. The fourth-order valence-electron chi connectivity index (χ4n) is 3.19. The van der Waals surface area contributed by atoms with Crippen molar-refractivity contribution in [3.63, 3.8) is 0 Å². The molecule has 1 saturated heterocycles. The van der Waals surface area contributed by atoms with Gasteiger partial charge in [0.25, 0.3) is 0 Å². The van der Waals surface area contributed by atoms with Crippen LogP contribution in [0, 0.1) is 5.92 Å². The van der Waals surface area contributed by atoms with Crippen LogP contribution in [0.25, 0.3) is 0 Å². The van der Waals surface area contributed by atoms with Crippen LogP contribution >= 0.6 is 0 Å². The minimum absolute atomic E-state index is 0.692.